The predicted octanol–water partition coefficient (Wildman–Crippen LogP) is 2.15. The van der Waals surface area contributed by atoms with Crippen LogP contribution in [0, 0.1) is 5.92 Å². The summed E-state index contributed by atoms with van der Waals surface area (Å²) < 4.78 is 0. The first kappa shape index (κ1) is 14.8. The molecule has 1 aliphatic rings. The molecule has 0 radical (unpaired) electrons. The number of amides is 1. The zero-order valence-corrected chi connectivity index (χ0v) is 12.3. The van der Waals surface area contributed by atoms with Gasteiger partial charge in [0.15, 0.2) is 0 Å². The van der Waals surface area contributed by atoms with E-state index in [1.54, 1.807) is 0 Å². The van der Waals surface area contributed by atoms with Crippen LogP contribution < -0.4 is 11.1 Å². The van der Waals surface area contributed by atoms with Gasteiger partial charge in [0.1, 0.15) is 0 Å². The Balaban J connectivity index is 2.44. The lowest BCUT2D eigenvalue weighted by Gasteiger charge is -2.30. The van der Waals surface area contributed by atoms with E-state index in [4.69, 9.17) is 5.73 Å². The molecule has 1 aliphatic carbocycles. The van der Waals surface area contributed by atoms with Gasteiger partial charge in [0.25, 0.3) is 0 Å². The molecule has 1 saturated carbocycles. The van der Waals surface area contributed by atoms with E-state index in [-0.39, 0.29) is 5.91 Å². The molecular weight excluding hydrogens is 232 g/mol. The van der Waals surface area contributed by atoms with E-state index in [2.05, 4.69) is 26.1 Å². The summed E-state index contributed by atoms with van der Waals surface area (Å²) in [5.41, 5.74) is 5.00. The Labute approximate surface area is 109 Å². The fourth-order valence-corrected chi connectivity index (χ4v) is 3.06. The van der Waals surface area contributed by atoms with Gasteiger partial charge in [0.2, 0.25) is 5.91 Å². The zero-order valence-electron chi connectivity index (χ0n) is 11.5. The molecule has 0 aliphatic heterocycles. The molecular formula is C13H26N2OS. The van der Waals surface area contributed by atoms with Gasteiger partial charge in [0.05, 0.1) is 5.54 Å². The molecule has 1 fully saturated rings. The number of hydrogen-bond acceptors (Lipinski definition) is 3. The van der Waals surface area contributed by atoms with Crippen molar-refractivity contribution in [3.05, 3.63) is 0 Å². The normalized spacial score (nSPS) is 21.2. The molecule has 1 amide bonds. The summed E-state index contributed by atoms with van der Waals surface area (Å²) in [6, 6.07) is 0.509. The number of carbonyl (C=O) groups is 1. The molecule has 0 spiro atoms. The second kappa shape index (κ2) is 6.10. The van der Waals surface area contributed by atoms with Crippen LogP contribution in [0.1, 0.15) is 47.0 Å². The van der Waals surface area contributed by atoms with Crippen molar-refractivity contribution in [2.24, 2.45) is 11.7 Å². The third kappa shape index (κ3) is 5.30. The van der Waals surface area contributed by atoms with Crippen LogP contribution in [0.3, 0.4) is 0 Å². The third-order valence-electron chi connectivity index (χ3n) is 3.05. The summed E-state index contributed by atoms with van der Waals surface area (Å²) in [7, 11) is 0. The Morgan fingerprint density at radius 3 is 2.47 bits per heavy atom. The van der Waals surface area contributed by atoms with Crippen molar-refractivity contribution in [2.75, 3.05) is 5.75 Å². The van der Waals surface area contributed by atoms with Crippen molar-refractivity contribution in [1.29, 1.82) is 0 Å². The number of nitrogens with two attached hydrogens (primary N) is 1. The summed E-state index contributed by atoms with van der Waals surface area (Å²) in [5, 5.41) is 3.86. The standard InChI is InChI=1S/C13H26N2OS/c1-9(2)8-17-10(3)7-13(4,12(14)16)15-11-5-6-11/h9-11,15H,5-8H2,1-4H3,(H2,14,16). The number of primary amides is 1. The van der Waals surface area contributed by atoms with Crippen molar-refractivity contribution >= 4 is 17.7 Å². The van der Waals surface area contributed by atoms with Gasteiger partial charge in [-0.25, -0.2) is 0 Å². The molecule has 0 aromatic heterocycles. The lowest BCUT2D eigenvalue weighted by atomic mass is 9.95. The van der Waals surface area contributed by atoms with Crippen LogP contribution in [0.5, 0.6) is 0 Å². The first-order valence-electron chi connectivity index (χ1n) is 6.52. The summed E-state index contributed by atoms with van der Waals surface area (Å²) >= 11 is 1.93. The second-order valence-corrected chi connectivity index (χ2v) is 7.33. The summed E-state index contributed by atoms with van der Waals surface area (Å²) in [6.45, 7) is 8.56. The number of thioether (sulfide) groups is 1. The Hall–Kier alpha value is -0.220. The summed E-state index contributed by atoms with van der Waals surface area (Å²) in [4.78, 5) is 11.6. The van der Waals surface area contributed by atoms with Gasteiger partial charge in [-0.3, -0.25) is 4.79 Å². The van der Waals surface area contributed by atoms with Gasteiger partial charge < -0.3 is 11.1 Å². The molecule has 100 valence electrons. The maximum absolute atomic E-state index is 11.6. The van der Waals surface area contributed by atoms with Crippen molar-refractivity contribution in [3.63, 3.8) is 0 Å². The van der Waals surface area contributed by atoms with E-state index in [1.807, 2.05) is 18.7 Å². The van der Waals surface area contributed by atoms with E-state index >= 15 is 0 Å². The Morgan fingerprint density at radius 2 is 2.06 bits per heavy atom. The average Bonchev–Trinajstić information content (AvgIpc) is 2.98. The fraction of sp³-hybridized carbons (Fsp3) is 0.923. The molecule has 1 rings (SSSR count). The molecule has 3 N–H and O–H groups in total. The minimum absolute atomic E-state index is 0.221. The molecule has 0 heterocycles. The third-order valence-corrected chi connectivity index (χ3v) is 4.65. The zero-order chi connectivity index (χ0) is 13.1. The highest BCUT2D eigenvalue weighted by atomic mass is 32.2. The second-order valence-electron chi connectivity index (χ2n) is 5.86. The van der Waals surface area contributed by atoms with Crippen LogP contribution in [0.4, 0.5) is 0 Å². The van der Waals surface area contributed by atoms with Gasteiger partial charge in [-0.05, 0) is 37.9 Å². The number of rotatable bonds is 8. The van der Waals surface area contributed by atoms with Crippen LogP contribution in [0.2, 0.25) is 0 Å². The fourth-order valence-electron chi connectivity index (χ4n) is 1.90. The van der Waals surface area contributed by atoms with Crippen molar-refractivity contribution in [2.45, 2.75) is 63.8 Å². The highest BCUT2D eigenvalue weighted by Gasteiger charge is 2.37. The Bertz CT molecular complexity index is 266. The van der Waals surface area contributed by atoms with Crippen LogP contribution in [-0.4, -0.2) is 28.5 Å². The van der Waals surface area contributed by atoms with Crippen LogP contribution in [0.15, 0.2) is 0 Å². The van der Waals surface area contributed by atoms with E-state index in [1.165, 1.54) is 12.8 Å². The molecule has 0 aromatic rings. The summed E-state index contributed by atoms with van der Waals surface area (Å²) in [6.07, 6.45) is 3.17. The van der Waals surface area contributed by atoms with E-state index in [0.29, 0.717) is 17.2 Å². The van der Waals surface area contributed by atoms with E-state index in [0.717, 1.165) is 12.2 Å². The van der Waals surface area contributed by atoms with Crippen LogP contribution in [0.25, 0.3) is 0 Å². The highest BCUT2D eigenvalue weighted by Crippen LogP contribution is 2.28. The van der Waals surface area contributed by atoms with Crippen LogP contribution in [-0.2, 0) is 4.79 Å². The Kier molecular flexibility index (Phi) is 5.32. The van der Waals surface area contributed by atoms with E-state index in [9.17, 15) is 4.79 Å². The Morgan fingerprint density at radius 1 is 1.47 bits per heavy atom. The van der Waals surface area contributed by atoms with Gasteiger partial charge in [0, 0.05) is 11.3 Å². The lowest BCUT2D eigenvalue weighted by Crippen LogP contribution is -2.55. The minimum Gasteiger partial charge on any atom is -0.368 e. The van der Waals surface area contributed by atoms with Crippen molar-refractivity contribution in [3.8, 4) is 0 Å². The van der Waals surface area contributed by atoms with Crippen molar-refractivity contribution in [1.82, 2.24) is 5.32 Å². The maximum Gasteiger partial charge on any atom is 0.237 e. The molecule has 3 nitrogen and oxygen atoms in total. The molecule has 2 unspecified atom stereocenters. The monoisotopic (exact) mass is 258 g/mol. The van der Waals surface area contributed by atoms with Gasteiger partial charge in [-0.1, -0.05) is 20.8 Å². The molecule has 17 heavy (non-hydrogen) atoms. The first-order valence-corrected chi connectivity index (χ1v) is 7.57. The average molecular weight is 258 g/mol. The number of nitrogens with one attached hydrogen (secondary N) is 1. The summed E-state index contributed by atoms with van der Waals surface area (Å²) in [5.74, 6) is 1.61. The molecule has 4 heteroatoms. The quantitative estimate of drug-likeness (QED) is 0.701. The molecule has 2 atom stereocenters. The largest absolute Gasteiger partial charge is 0.368 e. The smallest absolute Gasteiger partial charge is 0.237 e. The van der Waals surface area contributed by atoms with Crippen LogP contribution >= 0.6 is 11.8 Å². The van der Waals surface area contributed by atoms with Gasteiger partial charge in [-0.2, -0.15) is 11.8 Å². The molecule has 0 aromatic carbocycles. The topological polar surface area (TPSA) is 55.1 Å². The van der Waals surface area contributed by atoms with Gasteiger partial charge >= 0.3 is 0 Å². The lowest BCUT2D eigenvalue weighted by molar-refractivity contribution is -0.124. The minimum atomic E-state index is -0.537. The number of hydrogen-bond donors (Lipinski definition) is 2. The van der Waals surface area contributed by atoms with E-state index < -0.39 is 5.54 Å². The molecule has 0 bridgehead atoms. The molecule has 0 saturated heterocycles. The first-order chi connectivity index (χ1) is 7.83. The van der Waals surface area contributed by atoms with Gasteiger partial charge in [-0.15, -0.1) is 0 Å². The SMILES string of the molecule is CC(C)CSC(C)CC(C)(NC1CC1)C(N)=O. The highest BCUT2D eigenvalue weighted by molar-refractivity contribution is 7.99. The maximum atomic E-state index is 11.6. The number of carbonyl (C=O) groups excluding carboxylic acids is 1. The van der Waals surface area contributed by atoms with Crippen molar-refractivity contribution < 1.29 is 4.79 Å². The predicted molar refractivity (Wildman–Crippen MR) is 75.1 cm³/mol.